The molecule has 26 heavy (non-hydrogen) atoms. The van der Waals surface area contributed by atoms with E-state index >= 15 is 0 Å². The van der Waals surface area contributed by atoms with E-state index in [1.165, 1.54) is 0 Å². The number of nitrogens with zero attached hydrogens (tertiary/aromatic N) is 3. The number of hydrazone groups is 1. The van der Waals surface area contributed by atoms with Crippen molar-refractivity contribution in [1.82, 2.24) is 0 Å². The summed E-state index contributed by atoms with van der Waals surface area (Å²) < 4.78 is 25.3. The van der Waals surface area contributed by atoms with Crippen LogP contribution in [0.2, 0.25) is 5.02 Å². The topological polar surface area (TPSA) is 53.0 Å². The first kappa shape index (κ1) is 18.7. The van der Waals surface area contributed by atoms with Crippen molar-refractivity contribution >= 4 is 38.5 Å². The summed E-state index contributed by atoms with van der Waals surface area (Å²) in [6.45, 7) is 2.30. The molecular weight excluding hydrogens is 370 g/mol. The molecule has 138 valence electrons. The van der Waals surface area contributed by atoms with Gasteiger partial charge in [-0.25, -0.2) is 8.42 Å². The van der Waals surface area contributed by atoms with E-state index in [0.717, 1.165) is 23.4 Å². The summed E-state index contributed by atoms with van der Waals surface area (Å²) in [4.78, 5) is 2.22. The second-order valence-electron chi connectivity index (χ2n) is 6.38. The molecule has 0 N–H and O–H groups in total. The fraction of sp³-hybridized carbons (Fsp3) is 0.316. The Morgan fingerprint density at radius 2 is 1.85 bits per heavy atom. The summed E-state index contributed by atoms with van der Waals surface area (Å²) in [5.74, 6) is 0.0540. The molecule has 5 nitrogen and oxygen atoms in total. The van der Waals surface area contributed by atoms with Crippen LogP contribution in [-0.2, 0) is 9.84 Å². The molecular formula is C19H22ClN3O2S. The standard InChI is InChI=1S/C19H22ClN3O2S/c1-4-26(24,25)19-13-16(22(2)3)9-10-18(19)23-12-11-17(21-23)14-5-7-15(20)8-6-14/h5-10,13H,4,11-12H2,1-3H3. The minimum atomic E-state index is -3.37. The Labute approximate surface area is 159 Å². The lowest BCUT2D eigenvalue weighted by molar-refractivity contribution is 0.597. The van der Waals surface area contributed by atoms with Gasteiger partial charge in [-0.1, -0.05) is 30.7 Å². The highest BCUT2D eigenvalue weighted by molar-refractivity contribution is 7.91. The van der Waals surface area contributed by atoms with E-state index in [9.17, 15) is 8.42 Å². The second kappa shape index (κ2) is 7.29. The van der Waals surface area contributed by atoms with Gasteiger partial charge in [-0.15, -0.1) is 0 Å². The van der Waals surface area contributed by atoms with Crippen LogP contribution in [-0.4, -0.2) is 40.5 Å². The van der Waals surface area contributed by atoms with Crippen LogP contribution in [0.25, 0.3) is 0 Å². The SMILES string of the molecule is CCS(=O)(=O)c1cc(N(C)C)ccc1N1CCC(c2ccc(Cl)cc2)=N1. The van der Waals surface area contributed by atoms with E-state index in [0.29, 0.717) is 22.2 Å². The van der Waals surface area contributed by atoms with Crippen molar-refractivity contribution < 1.29 is 8.42 Å². The lowest BCUT2D eigenvalue weighted by Gasteiger charge is -2.21. The van der Waals surface area contributed by atoms with Crippen LogP contribution in [0.3, 0.4) is 0 Å². The summed E-state index contributed by atoms with van der Waals surface area (Å²) in [5, 5.41) is 7.13. The van der Waals surface area contributed by atoms with Gasteiger partial charge < -0.3 is 4.90 Å². The van der Waals surface area contributed by atoms with E-state index in [-0.39, 0.29) is 5.75 Å². The molecule has 0 radical (unpaired) electrons. The van der Waals surface area contributed by atoms with Gasteiger partial charge >= 0.3 is 0 Å². The highest BCUT2D eigenvalue weighted by Gasteiger charge is 2.25. The molecule has 0 aliphatic carbocycles. The summed E-state index contributed by atoms with van der Waals surface area (Å²) in [5.41, 5.74) is 3.41. The van der Waals surface area contributed by atoms with E-state index < -0.39 is 9.84 Å². The van der Waals surface area contributed by atoms with Gasteiger partial charge in [0.2, 0.25) is 0 Å². The zero-order valence-electron chi connectivity index (χ0n) is 15.1. The van der Waals surface area contributed by atoms with Crippen LogP contribution in [0.4, 0.5) is 11.4 Å². The summed E-state index contributed by atoms with van der Waals surface area (Å²) in [7, 11) is 0.421. The first-order valence-corrected chi connectivity index (χ1v) is 10.5. The third-order valence-electron chi connectivity index (χ3n) is 4.43. The normalized spacial score (nSPS) is 14.5. The Kier molecular flexibility index (Phi) is 5.25. The fourth-order valence-corrected chi connectivity index (χ4v) is 4.10. The average molecular weight is 392 g/mol. The number of halogens is 1. The molecule has 0 saturated carbocycles. The molecule has 3 rings (SSSR count). The molecule has 0 bridgehead atoms. The van der Waals surface area contributed by atoms with Gasteiger partial charge in [0, 0.05) is 37.8 Å². The maximum absolute atomic E-state index is 12.6. The van der Waals surface area contributed by atoms with Crippen molar-refractivity contribution in [3.8, 4) is 0 Å². The number of hydrogen-bond donors (Lipinski definition) is 0. The highest BCUT2D eigenvalue weighted by atomic mass is 35.5. The number of benzene rings is 2. The summed E-state index contributed by atoms with van der Waals surface area (Å²) >= 11 is 5.95. The van der Waals surface area contributed by atoms with Gasteiger partial charge in [-0.3, -0.25) is 5.01 Å². The zero-order valence-corrected chi connectivity index (χ0v) is 16.7. The Balaban J connectivity index is 2.02. The molecule has 2 aromatic carbocycles. The molecule has 2 aromatic rings. The molecule has 0 amide bonds. The third kappa shape index (κ3) is 3.71. The third-order valence-corrected chi connectivity index (χ3v) is 6.44. The molecule has 1 aliphatic rings. The van der Waals surface area contributed by atoms with E-state index in [2.05, 4.69) is 5.10 Å². The van der Waals surface area contributed by atoms with E-state index in [1.807, 2.05) is 55.4 Å². The average Bonchev–Trinajstić information content (AvgIpc) is 3.11. The van der Waals surface area contributed by atoms with Gasteiger partial charge in [0.25, 0.3) is 0 Å². The van der Waals surface area contributed by atoms with Crippen LogP contribution in [0.5, 0.6) is 0 Å². The van der Waals surface area contributed by atoms with E-state index in [1.54, 1.807) is 18.0 Å². The van der Waals surface area contributed by atoms with Crippen LogP contribution >= 0.6 is 11.6 Å². The van der Waals surface area contributed by atoms with E-state index in [4.69, 9.17) is 11.6 Å². The van der Waals surface area contributed by atoms with Crippen molar-refractivity contribution in [1.29, 1.82) is 0 Å². The van der Waals surface area contributed by atoms with Gasteiger partial charge in [0.15, 0.2) is 9.84 Å². The number of rotatable bonds is 5. The molecule has 0 aromatic heterocycles. The zero-order chi connectivity index (χ0) is 18.9. The Morgan fingerprint density at radius 1 is 1.15 bits per heavy atom. The first-order chi connectivity index (χ1) is 12.3. The van der Waals surface area contributed by atoms with Crippen LogP contribution < -0.4 is 9.91 Å². The molecule has 0 spiro atoms. The number of sulfone groups is 1. The van der Waals surface area contributed by atoms with Gasteiger partial charge in [-0.2, -0.15) is 5.10 Å². The number of anilines is 2. The number of hydrogen-bond acceptors (Lipinski definition) is 5. The van der Waals surface area contributed by atoms with Gasteiger partial charge in [0.05, 0.1) is 22.0 Å². The Morgan fingerprint density at radius 3 is 2.46 bits per heavy atom. The smallest absolute Gasteiger partial charge is 0.180 e. The van der Waals surface area contributed by atoms with Crippen molar-refractivity contribution in [3.63, 3.8) is 0 Å². The molecule has 0 fully saturated rings. The maximum Gasteiger partial charge on any atom is 0.180 e. The first-order valence-electron chi connectivity index (χ1n) is 8.47. The van der Waals surface area contributed by atoms with Gasteiger partial charge in [-0.05, 0) is 35.9 Å². The van der Waals surface area contributed by atoms with Crippen molar-refractivity contribution in [3.05, 3.63) is 53.1 Å². The maximum atomic E-state index is 12.6. The quantitative estimate of drug-likeness (QED) is 0.777. The fourth-order valence-electron chi connectivity index (χ4n) is 2.88. The van der Waals surface area contributed by atoms with Crippen molar-refractivity contribution in [2.45, 2.75) is 18.2 Å². The monoisotopic (exact) mass is 391 g/mol. The minimum absolute atomic E-state index is 0.0540. The van der Waals surface area contributed by atoms with Crippen LogP contribution in [0.1, 0.15) is 18.9 Å². The summed E-state index contributed by atoms with van der Waals surface area (Å²) in [6, 6.07) is 13.0. The second-order valence-corrected chi connectivity index (χ2v) is 9.06. The van der Waals surface area contributed by atoms with Crippen molar-refractivity contribution in [2.75, 3.05) is 36.3 Å². The lowest BCUT2D eigenvalue weighted by Crippen LogP contribution is -2.18. The molecule has 0 saturated heterocycles. The lowest BCUT2D eigenvalue weighted by atomic mass is 10.1. The van der Waals surface area contributed by atoms with Gasteiger partial charge in [0.1, 0.15) is 0 Å². The minimum Gasteiger partial charge on any atom is -0.378 e. The van der Waals surface area contributed by atoms with Crippen LogP contribution in [0.15, 0.2) is 52.5 Å². The van der Waals surface area contributed by atoms with Crippen molar-refractivity contribution in [2.24, 2.45) is 5.10 Å². The van der Waals surface area contributed by atoms with Crippen LogP contribution in [0, 0.1) is 0 Å². The summed E-state index contributed by atoms with van der Waals surface area (Å²) in [6.07, 6.45) is 0.753. The largest absolute Gasteiger partial charge is 0.378 e. The predicted molar refractivity (Wildman–Crippen MR) is 108 cm³/mol. The molecule has 7 heteroatoms. The predicted octanol–water partition coefficient (Wildman–Crippen LogP) is 3.81. The molecule has 1 heterocycles. The molecule has 0 atom stereocenters. The Bertz CT molecular complexity index is 938. The highest BCUT2D eigenvalue weighted by Crippen LogP contribution is 2.32. The molecule has 0 unspecified atom stereocenters. The Hall–Kier alpha value is -2.05. The molecule has 1 aliphatic heterocycles.